The molecule has 1 unspecified atom stereocenters. The van der Waals surface area contributed by atoms with Crippen molar-refractivity contribution in [2.24, 2.45) is 5.73 Å². The van der Waals surface area contributed by atoms with E-state index in [0.29, 0.717) is 5.56 Å². The summed E-state index contributed by atoms with van der Waals surface area (Å²) < 4.78 is 57.1. The van der Waals surface area contributed by atoms with E-state index in [4.69, 9.17) is 10.5 Å². The molecule has 0 aliphatic rings. The van der Waals surface area contributed by atoms with Gasteiger partial charge in [0.25, 0.3) is 0 Å². The number of benzene rings is 1. The second-order valence-electron chi connectivity index (χ2n) is 3.30. The van der Waals surface area contributed by atoms with E-state index < -0.39 is 24.0 Å². The number of hydrogen-bond acceptors (Lipinski definition) is 3. The lowest BCUT2D eigenvalue weighted by molar-refractivity contribution is -0.275. The third-order valence-electron chi connectivity index (χ3n) is 1.96. The fraction of sp³-hybridized carbons (Fsp3) is 0.400. The van der Waals surface area contributed by atoms with Gasteiger partial charge in [0.05, 0.1) is 12.6 Å². The minimum atomic E-state index is -4.92. The molecular weight excluding hydrogens is 278 g/mol. The van der Waals surface area contributed by atoms with E-state index in [9.17, 15) is 17.6 Å². The van der Waals surface area contributed by atoms with Crippen LogP contribution < -0.4 is 10.5 Å². The molecule has 0 aliphatic carbocycles. The monoisotopic (exact) mass is 289 g/mol. The minimum Gasteiger partial charge on any atom is -0.403 e. The van der Waals surface area contributed by atoms with Crippen LogP contribution in [0.4, 0.5) is 17.6 Å². The summed E-state index contributed by atoms with van der Waals surface area (Å²) in [6, 6.07) is 2.43. The van der Waals surface area contributed by atoms with Crippen molar-refractivity contribution in [3.05, 3.63) is 29.6 Å². The van der Waals surface area contributed by atoms with Crippen LogP contribution in [0.1, 0.15) is 11.6 Å². The van der Waals surface area contributed by atoms with Crippen LogP contribution in [-0.4, -0.2) is 20.1 Å². The van der Waals surface area contributed by atoms with Crippen LogP contribution in [0.15, 0.2) is 18.2 Å². The molecule has 1 aromatic rings. The molecule has 1 aromatic carbocycles. The predicted molar refractivity (Wildman–Crippen MR) is 59.1 cm³/mol. The lowest BCUT2D eigenvalue weighted by atomic mass is 10.1. The Balaban J connectivity index is 0.00000289. The fourth-order valence-corrected chi connectivity index (χ4v) is 1.23. The van der Waals surface area contributed by atoms with Gasteiger partial charge in [-0.2, -0.15) is 0 Å². The molecule has 18 heavy (non-hydrogen) atoms. The highest BCUT2D eigenvalue weighted by Crippen LogP contribution is 2.27. The first-order valence-electron chi connectivity index (χ1n) is 4.63. The number of rotatable bonds is 4. The Morgan fingerprint density at radius 2 is 1.94 bits per heavy atom. The van der Waals surface area contributed by atoms with Gasteiger partial charge in [-0.1, -0.05) is 6.07 Å². The number of halogens is 5. The van der Waals surface area contributed by atoms with E-state index >= 15 is 0 Å². The molecule has 1 atom stereocenters. The SMILES string of the molecule is COCC(N)c1ccc(OC(F)(F)F)c(F)c1.Cl. The Morgan fingerprint density at radius 3 is 2.39 bits per heavy atom. The zero-order chi connectivity index (χ0) is 13.1. The highest BCUT2D eigenvalue weighted by atomic mass is 35.5. The average Bonchev–Trinajstić information content (AvgIpc) is 2.19. The molecule has 104 valence electrons. The lowest BCUT2D eigenvalue weighted by Gasteiger charge is -2.13. The summed E-state index contributed by atoms with van der Waals surface area (Å²) in [5.41, 5.74) is 5.93. The summed E-state index contributed by atoms with van der Waals surface area (Å²) in [4.78, 5) is 0. The van der Waals surface area contributed by atoms with Crippen molar-refractivity contribution < 1.29 is 27.0 Å². The van der Waals surface area contributed by atoms with E-state index in [1.807, 2.05) is 0 Å². The molecule has 1 rings (SSSR count). The van der Waals surface area contributed by atoms with Gasteiger partial charge in [-0.05, 0) is 17.7 Å². The van der Waals surface area contributed by atoms with E-state index in [2.05, 4.69) is 4.74 Å². The number of ether oxygens (including phenoxy) is 2. The highest BCUT2D eigenvalue weighted by Gasteiger charge is 2.32. The molecule has 0 amide bonds. The largest absolute Gasteiger partial charge is 0.573 e. The summed E-state index contributed by atoms with van der Waals surface area (Å²) in [6.07, 6.45) is -4.92. The molecule has 3 nitrogen and oxygen atoms in total. The second kappa shape index (κ2) is 6.77. The summed E-state index contributed by atoms with van der Waals surface area (Å²) in [7, 11) is 1.41. The van der Waals surface area contributed by atoms with Crippen molar-refractivity contribution in [1.29, 1.82) is 0 Å². The standard InChI is InChI=1S/C10H11F4NO2.ClH/c1-16-5-8(15)6-2-3-9(7(11)4-6)17-10(12,13)14;/h2-4,8H,5,15H2,1H3;1H. The van der Waals surface area contributed by atoms with E-state index in [1.54, 1.807) is 0 Å². The van der Waals surface area contributed by atoms with Gasteiger partial charge in [0.1, 0.15) is 0 Å². The maximum absolute atomic E-state index is 13.3. The van der Waals surface area contributed by atoms with Gasteiger partial charge in [-0.25, -0.2) is 4.39 Å². The summed E-state index contributed by atoms with van der Waals surface area (Å²) in [5.74, 6) is -2.00. The van der Waals surface area contributed by atoms with Gasteiger partial charge in [0, 0.05) is 7.11 Å². The quantitative estimate of drug-likeness (QED) is 0.867. The van der Waals surface area contributed by atoms with Crippen LogP contribution in [0.25, 0.3) is 0 Å². The van der Waals surface area contributed by atoms with Crippen molar-refractivity contribution in [2.45, 2.75) is 12.4 Å². The van der Waals surface area contributed by atoms with Gasteiger partial charge in [-0.3, -0.25) is 0 Å². The van der Waals surface area contributed by atoms with Crippen LogP contribution in [0, 0.1) is 5.82 Å². The Hall–Kier alpha value is -1.05. The molecule has 8 heteroatoms. The van der Waals surface area contributed by atoms with Gasteiger partial charge in [-0.15, -0.1) is 25.6 Å². The molecule has 0 radical (unpaired) electrons. The van der Waals surface area contributed by atoms with Gasteiger partial charge < -0.3 is 15.2 Å². The third-order valence-corrected chi connectivity index (χ3v) is 1.96. The summed E-state index contributed by atoms with van der Waals surface area (Å²) >= 11 is 0. The minimum absolute atomic E-state index is 0. The molecule has 0 fully saturated rings. The molecule has 0 saturated heterocycles. The van der Waals surface area contributed by atoms with Gasteiger partial charge in [0.2, 0.25) is 0 Å². The van der Waals surface area contributed by atoms with E-state index in [1.165, 1.54) is 13.2 Å². The number of nitrogens with two attached hydrogens (primary N) is 1. The van der Waals surface area contributed by atoms with Crippen molar-refractivity contribution in [3.63, 3.8) is 0 Å². The van der Waals surface area contributed by atoms with E-state index in [0.717, 1.165) is 12.1 Å². The zero-order valence-electron chi connectivity index (χ0n) is 9.33. The molecule has 0 aromatic heterocycles. The Labute approximate surface area is 107 Å². The molecular formula is C10H12ClF4NO2. The first-order valence-corrected chi connectivity index (χ1v) is 4.63. The van der Waals surface area contributed by atoms with Crippen molar-refractivity contribution in [1.82, 2.24) is 0 Å². The highest BCUT2D eigenvalue weighted by molar-refractivity contribution is 5.85. The number of hydrogen-bond donors (Lipinski definition) is 1. The number of methoxy groups -OCH3 is 1. The topological polar surface area (TPSA) is 44.5 Å². The summed E-state index contributed by atoms with van der Waals surface area (Å²) in [6.45, 7) is 0.138. The third kappa shape index (κ3) is 5.07. The fourth-order valence-electron chi connectivity index (χ4n) is 1.23. The zero-order valence-corrected chi connectivity index (χ0v) is 10.1. The van der Waals surface area contributed by atoms with Crippen LogP contribution in [0.2, 0.25) is 0 Å². The average molecular weight is 290 g/mol. The number of alkyl halides is 3. The van der Waals surface area contributed by atoms with Crippen LogP contribution >= 0.6 is 12.4 Å². The van der Waals surface area contributed by atoms with Crippen molar-refractivity contribution in [2.75, 3.05) is 13.7 Å². The molecule has 0 spiro atoms. The first-order chi connectivity index (χ1) is 7.83. The second-order valence-corrected chi connectivity index (χ2v) is 3.30. The van der Waals surface area contributed by atoms with Crippen LogP contribution in [-0.2, 0) is 4.74 Å². The summed E-state index contributed by atoms with van der Waals surface area (Å²) in [5, 5.41) is 0. The maximum atomic E-state index is 13.3. The Kier molecular flexibility index (Phi) is 6.37. The van der Waals surface area contributed by atoms with Crippen molar-refractivity contribution >= 4 is 12.4 Å². The van der Waals surface area contributed by atoms with Crippen LogP contribution in [0.5, 0.6) is 5.75 Å². The maximum Gasteiger partial charge on any atom is 0.573 e. The molecule has 0 bridgehead atoms. The predicted octanol–water partition coefficient (Wildman–Crippen LogP) is 2.79. The molecule has 0 saturated carbocycles. The van der Waals surface area contributed by atoms with Gasteiger partial charge in [0.15, 0.2) is 11.6 Å². The normalized spacial score (nSPS) is 12.8. The lowest BCUT2D eigenvalue weighted by Crippen LogP contribution is -2.19. The Bertz CT molecular complexity index is 387. The first kappa shape index (κ1) is 16.9. The smallest absolute Gasteiger partial charge is 0.403 e. The van der Waals surface area contributed by atoms with E-state index in [-0.39, 0.29) is 19.0 Å². The molecule has 2 N–H and O–H groups in total. The molecule has 0 heterocycles. The van der Waals surface area contributed by atoms with Crippen molar-refractivity contribution in [3.8, 4) is 5.75 Å². The molecule has 0 aliphatic heterocycles. The van der Waals surface area contributed by atoms with Crippen LogP contribution in [0.3, 0.4) is 0 Å². The van der Waals surface area contributed by atoms with Gasteiger partial charge >= 0.3 is 6.36 Å². The Morgan fingerprint density at radius 1 is 1.33 bits per heavy atom.